The van der Waals surface area contributed by atoms with Gasteiger partial charge in [0, 0.05) is 5.56 Å². The van der Waals surface area contributed by atoms with E-state index in [0.717, 1.165) is 24.8 Å². The van der Waals surface area contributed by atoms with Gasteiger partial charge in [-0.2, -0.15) is 0 Å². The highest BCUT2D eigenvalue weighted by molar-refractivity contribution is 5.96. The number of aryl methyl sites for hydroxylation is 1. The molecule has 0 saturated heterocycles. The zero-order valence-corrected chi connectivity index (χ0v) is 17.0. The number of ether oxygens (including phenoxy) is 2. The fourth-order valence-electron chi connectivity index (χ4n) is 3.46. The van der Waals surface area contributed by atoms with Crippen LogP contribution in [0.15, 0.2) is 48.5 Å². The lowest BCUT2D eigenvalue weighted by molar-refractivity contribution is -0.147. The Morgan fingerprint density at radius 2 is 1.83 bits per heavy atom. The second-order valence-electron chi connectivity index (χ2n) is 7.01. The van der Waals surface area contributed by atoms with Gasteiger partial charge in [-0.3, -0.25) is 14.4 Å². The summed E-state index contributed by atoms with van der Waals surface area (Å²) in [6, 6.07) is 14.6. The molecule has 2 N–H and O–H groups in total. The van der Waals surface area contributed by atoms with Crippen LogP contribution in [0.2, 0.25) is 0 Å². The molecule has 0 fully saturated rings. The van der Waals surface area contributed by atoms with Crippen molar-refractivity contribution in [2.45, 2.75) is 32.2 Å². The van der Waals surface area contributed by atoms with Crippen molar-refractivity contribution in [3.8, 4) is 5.75 Å². The second-order valence-corrected chi connectivity index (χ2v) is 7.01. The molecule has 0 radical (unpaired) electrons. The van der Waals surface area contributed by atoms with Gasteiger partial charge in [0.25, 0.3) is 11.8 Å². The van der Waals surface area contributed by atoms with Gasteiger partial charge in [0.15, 0.2) is 6.61 Å². The van der Waals surface area contributed by atoms with Gasteiger partial charge in [-0.05, 0) is 61.6 Å². The summed E-state index contributed by atoms with van der Waals surface area (Å²) < 4.78 is 10.3. The fourth-order valence-corrected chi connectivity index (χ4v) is 3.46. The Morgan fingerprint density at radius 3 is 2.60 bits per heavy atom. The van der Waals surface area contributed by atoms with Crippen LogP contribution < -0.4 is 15.4 Å². The average Bonchev–Trinajstić information content (AvgIpc) is 2.77. The first-order chi connectivity index (χ1) is 14.6. The highest BCUT2D eigenvalue weighted by atomic mass is 16.5. The number of rotatable bonds is 8. The molecule has 7 nitrogen and oxygen atoms in total. The van der Waals surface area contributed by atoms with Crippen molar-refractivity contribution in [1.82, 2.24) is 10.6 Å². The van der Waals surface area contributed by atoms with Gasteiger partial charge < -0.3 is 20.1 Å². The van der Waals surface area contributed by atoms with Crippen molar-refractivity contribution in [3.05, 3.63) is 65.2 Å². The minimum atomic E-state index is -0.673. The topological polar surface area (TPSA) is 93.7 Å². The highest BCUT2D eigenvalue weighted by Crippen LogP contribution is 2.29. The molecule has 0 saturated carbocycles. The molecule has 2 aromatic carbocycles. The van der Waals surface area contributed by atoms with Crippen molar-refractivity contribution >= 4 is 17.8 Å². The molecule has 0 aliphatic heterocycles. The summed E-state index contributed by atoms with van der Waals surface area (Å²) in [5, 5.41) is 5.40. The van der Waals surface area contributed by atoms with Gasteiger partial charge in [0.2, 0.25) is 0 Å². The van der Waals surface area contributed by atoms with Crippen LogP contribution in [0.5, 0.6) is 5.75 Å². The average molecular weight is 410 g/mol. The number of fused-ring (bicyclic) bond motifs is 1. The van der Waals surface area contributed by atoms with E-state index in [2.05, 4.69) is 16.7 Å². The lowest BCUT2D eigenvalue weighted by Crippen LogP contribution is -2.36. The van der Waals surface area contributed by atoms with Crippen molar-refractivity contribution in [1.29, 1.82) is 0 Å². The Kier molecular flexibility index (Phi) is 7.43. The van der Waals surface area contributed by atoms with Crippen molar-refractivity contribution in [2.75, 3.05) is 19.8 Å². The van der Waals surface area contributed by atoms with Crippen molar-refractivity contribution < 1.29 is 23.9 Å². The molecule has 1 atom stereocenters. The van der Waals surface area contributed by atoms with E-state index in [-0.39, 0.29) is 25.1 Å². The van der Waals surface area contributed by atoms with Crippen LogP contribution in [0, 0.1) is 0 Å². The molecule has 1 aliphatic carbocycles. The smallest absolute Gasteiger partial charge is 0.325 e. The molecule has 1 aliphatic rings. The summed E-state index contributed by atoms with van der Waals surface area (Å²) in [6.07, 6.45) is 2.86. The summed E-state index contributed by atoms with van der Waals surface area (Å²) in [6.45, 7) is 1.72. The van der Waals surface area contributed by atoms with Crippen LogP contribution in [0.4, 0.5) is 0 Å². The minimum absolute atomic E-state index is 0.0690. The first kappa shape index (κ1) is 21.4. The summed E-state index contributed by atoms with van der Waals surface area (Å²) in [5.41, 5.74) is 2.76. The largest absolute Gasteiger partial charge is 0.494 e. The van der Waals surface area contributed by atoms with E-state index in [1.807, 2.05) is 25.1 Å². The molecule has 0 aromatic heterocycles. The van der Waals surface area contributed by atoms with Gasteiger partial charge in [0.1, 0.15) is 12.3 Å². The van der Waals surface area contributed by atoms with E-state index in [1.165, 1.54) is 5.56 Å². The molecule has 0 unspecified atom stereocenters. The van der Waals surface area contributed by atoms with Gasteiger partial charge in [-0.25, -0.2) is 0 Å². The van der Waals surface area contributed by atoms with E-state index in [4.69, 9.17) is 9.47 Å². The number of nitrogens with one attached hydrogen (secondary N) is 2. The predicted octanol–water partition coefficient (Wildman–Crippen LogP) is 2.55. The van der Waals surface area contributed by atoms with Crippen LogP contribution in [-0.4, -0.2) is 37.5 Å². The third-order valence-corrected chi connectivity index (χ3v) is 4.89. The van der Waals surface area contributed by atoms with Gasteiger partial charge >= 0.3 is 5.97 Å². The molecular formula is C23H26N2O5. The van der Waals surface area contributed by atoms with E-state index < -0.39 is 11.9 Å². The molecule has 0 heterocycles. The standard InChI is InChI=1S/C23H26N2O5/c1-2-29-18-12-10-17(11-13-18)23(28)24-14-22(27)30-15-21(26)25-20-9-5-7-16-6-3-4-8-19(16)20/h3-4,6,8,10-13,20H,2,5,7,9,14-15H2,1H3,(H,24,28)(H,25,26)/t20-/m1/s1. The summed E-state index contributed by atoms with van der Waals surface area (Å²) in [4.78, 5) is 36.2. The van der Waals surface area contributed by atoms with Gasteiger partial charge in [-0.15, -0.1) is 0 Å². The molecule has 2 aromatic rings. The van der Waals surface area contributed by atoms with Crippen molar-refractivity contribution in [3.63, 3.8) is 0 Å². The molecule has 7 heteroatoms. The quantitative estimate of drug-likeness (QED) is 0.653. The van der Waals surface area contributed by atoms with Gasteiger partial charge in [-0.1, -0.05) is 24.3 Å². The predicted molar refractivity (Wildman–Crippen MR) is 111 cm³/mol. The van der Waals surface area contributed by atoms with E-state index in [0.29, 0.717) is 17.9 Å². The number of benzene rings is 2. The van der Waals surface area contributed by atoms with Crippen LogP contribution in [-0.2, 0) is 20.7 Å². The maximum absolute atomic E-state index is 12.2. The molecule has 158 valence electrons. The Hall–Kier alpha value is -3.35. The van der Waals surface area contributed by atoms with E-state index >= 15 is 0 Å². The Labute approximate surface area is 175 Å². The Balaban J connectivity index is 1.40. The zero-order chi connectivity index (χ0) is 21.3. The maximum atomic E-state index is 12.2. The molecular weight excluding hydrogens is 384 g/mol. The number of hydrogen-bond donors (Lipinski definition) is 2. The monoisotopic (exact) mass is 410 g/mol. The SMILES string of the molecule is CCOc1ccc(C(=O)NCC(=O)OCC(=O)N[C@@H]2CCCc3ccccc32)cc1. The number of amides is 2. The summed E-state index contributed by atoms with van der Waals surface area (Å²) in [7, 11) is 0. The van der Waals surface area contributed by atoms with E-state index in [9.17, 15) is 14.4 Å². The number of carbonyl (C=O) groups excluding carboxylic acids is 3. The number of carbonyl (C=O) groups is 3. The first-order valence-electron chi connectivity index (χ1n) is 10.1. The first-order valence-corrected chi connectivity index (χ1v) is 10.1. The number of hydrogen-bond acceptors (Lipinski definition) is 5. The molecule has 3 rings (SSSR count). The van der Waals surface area contributed by atoms with Crippen LogP contribution in [0.1, 0.15) is 47.3 Å². The third kappa shape index (κ3) is 5.83. The fraction of sp³-hybridized carbons (Fsp3) is 0.348. The van der Waals surface area contributed by atoms with Crippen LogP contribution in [0.25, 0.3) is 0 Å². The normalized spacial score (nSPS) is 14.9. The highest BCUT2D eigenvalue weighted by Gasteiger charge is 2.21. The maximum Gasteiger partial charge on any atom is 0.325 e. The zero-order valence-electron chi connectivity index (χ0n) is 17.0. The lowest BCUT2D eigenvalue weighted by Gasteiger charge is -2.26. The summed E-state index contributed by atoms with van der Waals surface area (Å²) >= 11 is 0. The molecule has 30 heavy (non-hydrogen) atoms. The number of esters is 1. The third-order valence-electron chi connectivity index (χ3n) is 4.89. The molecule has 0 bridgehead atoms. The Bertz CT molecular complexity index is 895. The second kappa shape index (κ2) is 10.4. The molecule has 2 amide bonds. The molecule has 0 spiro atoms. The summed E-state index contributed by atoms with van der Waals surface area (Å²) in [5.74, 6) is -0.769. The Morgan fingerprint density at radius 1 is 1.07 bits per heavy atom. The van der Waals surface area contributed by atoms with E-state index in [1.54, 1.807) is 24.3 Å². The lowest BCUT2D eigenvalue weighted by atomic mass is 9.88. The minimum Gasteiger partial charge on any atom is -0.494 e. The van der Waals surface area contributed by atoms with Crippen LogP contribution in [0.3, 0.4) is 0 Å². The van der Waals surface area contributed by atoms with Crippen LogP contribution >= 0.6 is 0 Å². The van der Waals surface area contributed by atoms with Gasteiger partial charge in [0.05, 0.1) is 12.6 Å². The van der Waals surface area contributed by atoms with Crippen molar-refractivity contribution in [2.24, 2.45) is 0 Å².